The average Bonchev–Trinajstić information content (AvgIpc) is 2.83. The van der Waals surface area contributed by atoms with E-state index in [9.17, 15) is 4.79 Å². The molecule has 0 spiro atoms. The van der Waals surface area contributed by atoms with E-state index in [1.165, 1.54) is 32.1 Å². The molecule has 1 aliphatic rings. The third-order valence-electron chi connectivity index (χ3n) is 3.85. The SMILES string of the molecule is CCCCC(CCC)NC1CCN(C(=O)OC(C)(C)C)C1. The Kier molecular flexibility index (Phi) is 7.50. The molecule has 0 saturated carbocycles. The molecule has 0 aliphatic carbocycles. The maximum absolute atomic E-state index is 12.1. The van der Waals surface area contributed by atoms with E-state index in [4.69, 9.17) is 4.74 Å². The van der Waals surface area contributed by atoms with Crippen molar-refractivity contribution >= 4 is 6.09 Å². The number of rotatable bonds is 7. The fraction of sp³-hybridized carbons (Fsp3) is 0.941. The molecule has 0 aromatic heterocycles. The van der Waals surface area contributed by atoms with Crippen molar-refractivity contribution in [3.63, 3.8) is 0 Å². The van der Waals surface area contributed by atoms with Gasteiger partial charge in [-0.15, -0.1) is 0 Å². The zero-order valence-electron chi connectivity index (χ0n) is 14.6. The number of hydrogen-bond acceptors (Lipinski definition) is 3. The molecule has 0 bridgehead atoms. The summed E-state index contributed by atoms with van der Waals surface area (Å²) >= 11 is 0. The van der Waals surface area contributed by atoms with Gasteiger partial charge in [-0.3, -0.25) is 0 Å². The first-order valence-corrected chi connectivity index (χ1v) is 8.59. The lowest BCUT2D eigenvalue weighted by Crippen LogP contribution is -2.42. The maximum atomic E-state index is 12.1. The Morgan fingerprint density at radius 3 is 2.57 bits per heavy atom. The standard InChI is InChI=1S/C17H34N2O2/c1-6-8-10-14(9-7-2)18-15-11-12-19(13-15)16(20)21-17(3,4)5/h14-15,18H,6-13H2,1-5H3. The van der Waals surface area contributed by atoms with Gasteiger partial charge in [0.25, 0.3) is 0 Å². The third-order valence-corrected chi connectivity index (χ3v) is 3.85. The van der Waals surface area contributed by atoms with Gasteiger partial charge in [0.05, 0.1) is 0 Å². The second kappa shape index (κ2) is 8.62. The lowest BCUT2D eigenvalue weighted by molar-refractivity contribution is 0.0290. The smallest absolute Gasteiger partial charge is 0.410 e. The van der Waals surface area contributed by atoms with Crippen molar-refractivity contribution in [3.05, 3.63) is 0 Å². The largest absolute Gasteiger partial charge is 0.444 e. The third kappa shape index (κ3) is 7.16. The Morgan fingerprint density at radius 1 is 1.29 bits per heavy atom. The summed E-state index contributed by atoms with van der Waals surface area (Å²) in [5.41, 5.74) is -0.408. The number of carbonyl (C=O) groups excluding carboxylic acids is 1. The molecule has 1 rings (SSSR count). The van der Waals surface area contributed by atoms with Crippen LogP contribution in [-0.4, -0.2) is 41.8 Å². The van der Waals surface area contributed by atoms with Crippen LogP contribution in [0.3, 0.4) is 0 Å². The number of nitrogens with one attached hydrogen (secondary N) is 1. The quantitative estimate of drug-likeness (QED) is 0.774. The fourth-order valence-corrected chi connectivity index (χ4v) is 2.83. The van der Waals surface area contributed by atoms with E-state index in [0.717, 1.165) is 19.5 Å². The predicted molar refractivity (Wildman–Crippen MR) is 87.6 cm³/mol. The van der Waals surface area contributed by atoms with Crippen molar-refractivity contribution in [2.45, 2.75) is 90.8 Å². The fourth-order valence-electron chi connectivity index (χ4n) is 2.83. The van der Waals surface area contributed by atoms with Crippen LogP contribution in [0.2, 0.25) is 0 Å². The second-order valence-corrected chi connectivity index (χ2v) is 7.21. The second-order valence-electron chi connectivity index (χ2n) is 7.21. The van der Waals surface area contributed by atoms with E-state index in [1.54, 1.807) is 0 Å². The van der Waals surface area contributed by atoms with Gasteiger partial charge in [-0.25, -0.2) is 4.79 Å². The van der Waals surface area contributed by atoms with Gasteiger partial charge in [-0.2, -0.15) is 0 Å². The molecule has 4 nitrogen and oxygen atoms in total. The van der Waals surface area contributed by atoms with Gasteiger partial charge < -0.3 is 15.0 Å². The molecule has 0 aromatic rings. The Hall–Kier alpha value is -0.770. The van der Waals surface area contributed by atoms with Crippen LogP contribution < -0.4 is 5.32 Å². The number of amides is 1. The molecule has 0 aromatic carbocycles. The first-order chi connectivity index (χ1) is 9.85. The Labute approximate surface area is 130 Å². The molecule has 1 saturated heterocycles. The summed E-state index contributed by atoms with van der Waals surface area (Å²) in [5, 5.41) is 3.75. The molecule has 2 atom stereocenters. The van der Waals surface area contributed by atoms with Crippen molar-refractivity contribution < 1.29 is 9.53 Å². The van der Waals surface area contributed by atoms with E-state index in [2.05, 4.69) is 19.2 Å². The summed E-state index contributed by atoms with van der Waals surface area (Å²) in [4.78, 5) is 13.9. The van der Waals surface area contributed by atoms with Gasteiger partial charge in [0.1, 0.15) is 5.60 Å². The molecule has 0 radical (unpaired) electrons. The Bertz CT molecular complexity index is 312. The lowest BCUT2D eigenvalue weighted by Gasteiger charge is -2.25. The molecule has 1 amide bonds. The minimum atomic E-state index is -0.408. The highest BCUT2D eigenvalue weighted by atomic mass is 16.6. The van der Waals surface area contributed by atoms with Crippen LogP contribution in [0, 0.1) is 0 Å². The van der Waals surface area contributed by atoms with E-state index in [-0.39, 0.29) is 6.09 Å². The first-order valence-electron chi connectivity index (χ1n) is 8.59. The zero-order chi connectivity index (χ0) is 15.9. The summed E-state index contributed by atoms with van der Waals surface area (Å²) in [6.07, 6.45) is 7.06. The van der Waals surface area contributed by atoms with Crippen molar-refractivity contribution in [1.29, 1.82) is 0 Å². The summed E-state index contributed by atoms with van der Waals surface area (Å²) in [7, 11) is 0. The van der Waals surface area contributed by atoms with Crippen LogP contribution >= 0.6 is 0 Å². The number of likely N-dealkylation sites (tertiary alicyclic amines) is 1. The normalized spacial score (nSPS) is 20.6. The highest BCUT2D eigenvalue weighted by Gasteiger charge is 2.30. The first kappa shape index (κ1) is 18.3. The molecule has 21 heavy (non-hydrogen) atoms. The number of hydrogen-bond donors (Lipinski definition) is 1. The highest BCUT2D eigenvalue weighted by Crippen LogP contribution is 2.17. The van der Waals surface area contributed by atoms with E-state index in [1.807, 2.05) is 25.7 Å². The van der Waals surface area contributed by atoms with Crippen molar-refractivity contribution in [1.82, 2.24) is 10.2 Å². The monoisotopic (exact) mass is 298 g/mol. The molecule has 1 fully saturated rings. The number of unbranched alkanes of at least 4 members (excludes halogenated alkanes) is 1. The van der Waals surface area contributed by atoms with Crippen LogP contribution in [0.25, 0.3) is 0 Å². The van der Waals surface area contributed by atoms with E-state index < -0.39 is 5.60 Å². The number of nitrogens with zero attached hydrogens (tertiary/aromatic N) is 1. The topological polar surface area (TPSA) is 41.6 Å². The van der Waals surface area contributed by atoms with Gasteiger partial charge in [0.15, 0.2) is 0 Å². The maximum Gasteiger partial charge on any atom is 0.410 e. The Balaban J connectivity index is 2.40. The lowest BCUT2D eigenvalue weighted by atomic mass is 10.0. The van der Waals surface area contributed by atoms with Gasteiger partial charge in [-0.05, 0) is 40.0 Å². The molecule has 1 heterocycles. The molecular formula is C17H34N2O2. The summed E-state index contributed by atoms with van der Waals surface area (Å²) < 4.78 is 5.45. The number of ether oxygens (including phenoxy) is 1. The Morgan fingerprint density at radius 2 is 2.00 bits per heavy atom. The van der Waals surface area contributed by atoms with Gasteiger partial charge in [0.2, 0.25) is 0 Å². The van der Waals surface area contributed by atoms with Crippen molar-refractivity contribution in [2.24, 2.45) is 0 Å². The van der Waals surface area contributed by atoms with Crippen LogP contribution in [-0.2, 0) is 4.74 Å². The van der Waals surface area contributed by atoms with Crippen LogP contribution in [0.5, 0.6) is 0 Å². The molecular weight excluding hydrogens is 264 g/mol. The minimum Gasteiger partial charge on any atom is -0.444 e. The molecule has 1 N–H and O–H groups in total. The summed E-state index contributed by atoms with van der Waals surface area (Å²) in [6, 6.07) is 1.02. The van der Waals surface area contributed by atoms with E-state index in [0.29, 0.717) is 12.1 Å². The van der Waals surface area contributed by atoms with Crippen LogP contribution in [0.1, 0.15) is 73.1 Å². The molecule has 1 aliphatic heterocycles. The molecule has 4 heteroatoms. The average molecular weight is 298 g/mol. The van der Waals surface area contributed by atoms with Gasteiger partial charge in [-0.1, -0.05) is 33.1 Å². The summed E-state index contributed by atoms with van der Waals surface area (Å²) in [5.74, 6) is 0. The van der Waals surface area contributed by atoms with E-state index >= 15 is 0 Å². The zero-order valence-corrected chi connectivity index (χ0v) is 14.6. The molecule has 2 unspecified atom stereocenters. The highest BCUT2D eigenvalue weighted by molar-refractivity contribution is 5.68. The van der Waals surface area contributed by atoms with Crippen molar-refractivity contribution in [3.8, 4) is 0 Å². The summed E-state index contributed by atoms with van der Waals surface area (Å²) in [6.45, 7) is 11.8. The van der Waals surface area contributed by atoms with Crippen LogP contribution in [0.15, 0.2) is 0 Å². The number of carbonyl (C=O) groups is 1. The van der Waals surface area contributed by atoms with Gasteiger partial charge >= 0.3 is 6.09 Å². The minimum absolute atomic E-state index is 0.174. The van der Waals surface area contributed by atoms with Crippen LogP contribution in [0.4, 0.5) is 4.79 Å². The predicted octanol–water partition coefficient (Wildman–Crippen LogP) is 3.94. The van der Waals surface area contributed by atoms with Crippen molar-refractivity contribution in [2.75, 3.05) is 13.1 Å². The molecule has 124 valence electrons. The van der Waals surface area contributed by atoms with Gasteiger partial charge in [0, 0.05) is 25.2 Å².